The number of amides is 1. The highest BCUT2D eigenvalue weighted by molar-refractivity contribution is 8.14. The molecule has 1 rings (SSSR count). The Labute approximate surface area is 161 Å². The first-order chi connectivity index (χ1) is 11.8. The van der Waals surface area contributed by atoms with E-state index in [4.69, 9.17) is 20.3 Å². The van der Waals surface area contributed by atoms with Gasteiger partial charge in [-0.05, 0) is 35.9 Å². The number of hydrogen-bond donors (Lipinski definition) is 1. The fraction of sp³-hybridized carbons (Fsp3) is 0.400. The number of benzene rings is 1. The molecule has 0 fully saturated rings. The molecule has 6 nitrogen and oxygen atoms in total. The van der Waals surface area contributed by atoms with Gasteiger partial charge in [-0.1, -0.05) is 23.5 Å². The fourth-order valence-corrected chi connectivity index (χ4v) is 3.78. The molecule has 1 aromatic carbocycles. The number of carbonyl (C=O) groups excluding carboxylic acids is 3. The van der Waals surface area contributed by atoms with Crippen molar-refractivity contribution in [3.63, 3.8) is 0 Å². The molecule has 138 valence electrons. The molecule has 0 saturated carbocycles. The molecular weight excluding hydrogens is 405 g/mol. The Bertz CT molecular complexity index is 598. The molecule has 0 aliphatic heterocycles. The van der Waals surface area contributed by atoms with Gasteiger partial charge in [0.15, 0.2) is 10.2 Å². The summed E-state index contributed by atoms with van der Waals surface area (Å²) in [5.74, 6) is -0.281. The third-order valence-corrected chi connectivity index (χ3v) is 5.51. The van der Waals surface area contributed by atoms with Crippen molar-refractivity contribution < 1.29 is 23.4 Å². The molecule has 0 aliphatic carbocycles. The summed E-state index contributed by atoms with van der Waals surface area (Å²) in [7, 11) is 0.0717. The Balaban J connectivity index is 2.68. The van der Waals surface area contributed by atoms with Gasteiger partial charge >= 0.3 is 0 Å². The molecule has 0 heterocycles. The molecular formula is C15H19ClNO5PS2. The summed E-state index contributed by atoms with van der Waals surface area (Å²) in [5, 5.41) is 2.58. The molecule has 1 atom stereocenters. The number of thioether (sulfide) groups is 2. The molecule has 10 heteroatoms. The molecule has 1 N–H and O–H groups in total. The summed E-state index contributed by atoms with van der Waals surface area (Å²) in [6.07, 6.45) is 0.581. The zero-order valence-corrected chi connectivity index (χ0v) is 17.3. The second-order valence-electron chi connectivity index (χ2n) is 4.72. The Morgan fingerprint density at radius 3 is 2.16 bits per heavy atom. The largest absolute Gasteiger partial charge is 0.352 e. The maximum absolute atomic E-state index is 12.3. The molecule has 25 heavy (non-hydrogen) atoms. The quantitative estimate of drug-likeness (QED) is 0.362. The second-order valence-corrected chi connectivity index (χ2v) is 9.10. The molecule has 1 aromatic rings. The van der Waals surface area contributed by atoms with Crippen molar-refractivity contribution in [1.82, 2.24) is 5.32 Å². The second kappa shape index (κ2) is 11.9. The SMILES string of the molecule is COP(Cl)OCCCNC(=O)c1cc(SC(C)=O)cc(SC(C)=O)c1. The van der Waals surface area contributed by atoms with Gasteiger partial charge in [0.05, 0.1) is 6.61 Å². The topological polar surface area (TPSA) is 81.7 Å². The Morgan fingerprint density at radius 2 is 1.68 bits per heavy atom. The number of halogens is 1. The molecule has 0 radical (unpaired) electrons. The molecule has 0 bridgehead atoms. The van der Waals surface area contributed by atoms with Gasteiger partial charge in [0.25, 0.3) is 13.6 Å². The smallest absolute Gasteiger partial charge is 0.276 e. The van der Waals surface area contributed by atoms with Crippen molar-refractivity contribution in [1.29, 1.82) is 0 Å². The van der Waals surface area contributed by atoms with Crippen LogP contribution in [0.25, 0.3) is 0 Å². The molecule has 0 spiro atoms. The van der Waals surface area contributed by atoms with Crippen LogP contribution in [-0.2, 0) is 18.6 Å². The van der Waals surface area contributed by atoms with Gasteiger partial charge in [0.2, 0.25) is 0 Å². The Morgan fingerprint density at radius 1 is 1.12 bits per heavy atom. The highest BCUT2D eigenvalue weighted by Crippen LogP contribution is 2.42. The van der Waals surface area contributed by atoms with E-state index in [2.05, 4.69) is 5.32 Å². The van der Waals surface area contributed by atoms with Gasteiger partial charge in [0, 0.05) is 42.9 Å². The van der Waals surface area contributed by atoms with E-state index in [0.717, 1.165) is 23.5 Å². The maximum Gasteiger partial charge on any atom is 0.276 e. The lowest BCUT2D eigenvalue weighted by Crippen LogP contribution is -2.25. The van der Waals surface area contributed by atoms with Crippen LogP contribution in [-0.4, -0.2) is 36.4 Å². The molecule has 1 amide bonds. The van der Waals surface area contributed by atoms with Crippen molar-refractivity contribution in [3.8, 4) is 0 Å². The third-order valence-electron chi connectivity index (χ3n) is 2.61. The van der Waals surface area contributed by atoms with Crippen LogP contribution in [0.15, 0.2) is 28.0 Å². The lowest BCUT2D eigenvalue weighted by molar-refractivity contribution is -0.109. The minimum atomic E-state index is -1.39. The summed E-state index contributed by atoms with van der Waals surface area (Å²) >= 11 is 7.73. The van der Waals surface area contributed by atoms with Crippen LogP contribution < -0.4 is 5.32 Å². The highest BCUT2D eigenvalue weighted by Gasteiger charge is 2.12. The zero-order chi connectivity index (χ0) is 18.8. The van der Waals surface area contributed by atoms with Crippen molar-refractivity contribution >= 4 is 58.6 Å². The van der Waals surface area contributed by atoms with E-state index < -0.39 is 7.73 Å². The Hall–Kier alpha value is -0.630. The van der Waals surface area contributed by atoms with E-state index in [1.807, 2.05) is 0 Å². The minimum absolute atomic E-state index is 0.0933. The van der Waals surface area contributed by atoms with Crippen LogP contribution in [0.3, 0.4) is 0 Å². The monoisotopic (exact) mass is 423 g/mol. The number of rotatable bonds is 9. The van der Waals surface area contributed by atoms with Crippen LogP contribution >= 0.6 is 42.5 Å². The third kappa shape index (κ3) is 9.58. The van der Waals surface area contributed by atoms with Crippen LogP contribution in [0.2, 0.25) is 0 Å². The van der Waals surface area contributed by atoms with Crippen molar-refractivity contribution in [2.24, 2.45) is 0 Å². The van der Waals surface area contributed by atoms with E-state index in [9.17, 15) is 14.4 Å². The summed E-state index contributed by atoms with van der Waals surface area (Å²) < 4.78 is 9.98. The van der Waals surface area contributed by atoms with E-state index in [1.165, 1.54) is 21.0 Å². The first-order valence-electron chi connectivity index (χ1n) is 7.25. The van der Waals surface area contributed by atoms with E-state index in [0.29, 0.717) is 34.9 Å². The van der Waals surface area contributed by atoms with Crippen molar-refractivity contribution in [3.05, 3.63) is 23.8 Å². The first-order valence-corrected chi connectivity index (χ1v) is 11.0. The number of hydrogen-bond acceptors (Lipinski definition) is 7. The standard InChI is InChI=1S/C15H19ClNO5PS2/c1-10(18)24-13-7-12(8-14(9-13)25-11(2)19)15(20)17-5-4-6-22-23(16)21-3/h7-9H,4-6H2,1-3H3,(H,17,20). The van der Waals surface area contributed by atoms with E-state index in [1.54, 1.807) is 18.2 Å². The molecule has 0 aromatic heterocycles. The number of nitrogens with one attached hydrogen (secondary N) is 1. The van der Waals surface area contributed by atoms with Gasteiger partial charge in [0.1, 0.15) is 0 Å². The Kier molecular flexibility index (Phi) is 10.7. The predicted molar refractivity (Wildman–Crippen MR) is 102 cm³/mol. The van der Waals surface area contributed by atoms with E-state index in [-0.39, 0.29) is 16.1 Å². The normalized spacial score (nSPS) is 11.8. The number of carbonyl (C=O) groups is 3. The summed E-state index contributed by atoms with van der Waals surface area (Å²) in [5.41, 5.74) is 0.396. The molecule has 0 aliphatic rings. The predicted octanol–water partition coefficient (Wildman–Crippen LogP) is 4.21. The summed E-state index contributed by atoms with van der Waals surface area (Å²) in [4.78, 5) is 36.2. The van der Waals surface area contributed by atoms with E-state index >= 15 is 0 Å². The minimum Gasteiger partial charge on any atom is -0.352 e. The van der Waals surface area contributed by atoms with Gasteiger partial charge < -0.3 is 14.4 Å². The average Bonchev–Trinajstić information content (AvgIpc) is 2.52. The van der Waals surface area contributed by atoms with Gasteiger partial charge in [-0.2, -0.15) is 0 Å². The van der Waals surface area contributed by atoms with Crippen LogP contribution in [0.5, 0.6) is 0 Å². The van der Waals surface area contributed by atoms with Crippen molar-refractivity contribution in [2.75, 3.05) is 20.3 Å². The first kappa shape index (κ1) is 22.4. The summed E-state index contributed by atoms with van der Waals surface area (Å²) in [6, 6.07) is 4.98. The lowest BCUT2D eigenvalue weighted by Gasteiger charge is -2.10. The van der Waals surface area contributed by atoms with Crippen LogP contribution in [0, 0.1) is 0 Å². The fourth-order valence-electron chi connectivity index (χ4n) is 1.72. The molecule has 0 saturated heterocycles. The van der Waals surface area contributed by atoms with Gasteiger partial charge in [-0.15, -0.1) is 0 Å². The molecule has 1 unspecified atom stereocenters. The van der Waals surface area contributed by atoms with Gasteiger partial charge in [-0.3, -0.25) is 14.4 Å². The van der Waals surface area contributed by atoms with Crippen LogP contribution in [0.1, 0.15) is 30.6 Å². The maximum atomic E-state index is 12.3. The highest BCUT2D eigenvalue weighted by atomic mass is 35.7. The zero-order valence-electron chi connectivity index (χ0n) is 14.0. The summed E-state index contributed by atoms with van der Waals surface area (Å²) in [6.45, 7) is 3.67. The van der Waals surface area contributed by atoms with Gasteiger partial charge in [-0.25, -0.2) is 0 Å². The van der Waals surface area contributed by atoms with Crippen LogP contribution in [0.4, 0.5) is 0 Å². The van der Waals surface area contributed by atoms with Crippen molar-refractivity contribution in [2.45, 2.75) is 30.1 Å². The lowest BCUT2D eigenvalue weighted by atomic mass is 10.2. The average molecular weight is 424 g/mol.